The Kier molecular flexibility index (Phi) is 6.85. The van der Waals surface area contributed by atoms with E-state index in [2.05, 4.69) is 41.8 Å². The van der Waals surface area contributed by atoms with E-state index in [0.717, 1.165) is 33.7 Å². The molecule has 26 heavy (non-hydrogen) atoms. The van der Waals surface area contributed by atoms with Gasteiger partial charge in [0.2, 0.25) is 0 Å². The molecule has 0 radical (unpaired) electrons. The Morgan fingerprint density at radius 2 is 1.88 bits per heavy atom. The van der Waals surface area contributed by atoms with Crippen molar-refractivity contribution in [1.29, 1.82) is 0 Å². The van der Waals surface area contributed by atoms with Gasteiger partial charge in [-0.2, -0.15) is 0 Å². The van der Waals surface area contributed by atoms with Crippen molar-refractivity contribution in [2.24, 2.45) is 4.99 Å². The Labute approximate surface area is 159 Å². The van der Waals surface area contributed by atoms with Crippen LogP contribution in [-0.4, -0.2) is 32.2 Å². The second-order valence-electron chi connectivity index (χ2n) is 6.83. The van der Waals surface area contributed by atoms with Gasteiger partial charge >= 0.3 is 0 Å². The van der Waals surface area contributed by atoms with Crippen LogP contribution in [0.2, 0.25) is 0 Å². The molecular formula is C19H28N4O2S. The SMILES string of the molecule is CN=C(NCc1nc(C(C)(C)C)cs1)NCc1ccc(OC)cc1OC. The van der Waals surface area contributed by atoms with Gasteiger partial charge < -0.3 is 20.1 Å². The largest absolute Gasteiger partial charge is 0.497 e. The van der Waals surface area contributed by atoms with Crippen molar-refractivity contribution in [3.05, 3.63) is 39.8 Å². The predicted octanol–water partition coefficient (Wildman–Crippen LogP) is 3.32. The number of aliphatic imine (C=N–C) groups is 1. The molecule has 0 atom stereocenters. The molecule has 6 nitrogen and oxygen atoms in total. The van der Waals surface area contributed by atoms with E-state index in [1.165, 1.54) is 0 Å². The molecule has 1 aromatic carbocycles. The zero-order chi connectivity index (χ0) is 19.2. The summed E-state index contributed by atoms with van der Waals surface area (Å²) in [5.41, 5.74) is 2.21. The first-order valence-corrected chi connectivity index (χ1v) is 9.35. The third-order valence-electron chi connectivity index (χ3n) is 3.89. The molecule has 0 saturated heterocycles. The van der Waals surface area contributed by atoms with Gasteiger partial charge in [0.05, 0.1) is 26.5 Å². The first kappa shape index (κ1) is 20.0. The summed E-state index contributed by atoms with van der Waals surface area (Å²) < 4.78 is 10.7. The van der Waals surface area contributed by atoms with Gasteiger partial charge in [-0.15, -0.1) is 11.3 Å². The second-order valence-corrected chi connectivity index (χ2v) is 7.78. The van der Waals surface area contributed by atoms with Gasteiger partial charge in [0.15, 0.2) is 5.96 Å². The molecule has 0 saturated carbocycles. The molecule has 2 aromatic rings. The lowest BCUT2D eigenvalue weighted by Gasteiger charge is -2.15. The van der Waals surface area contributed by atoms with E-state index in [4.69, 9.17) is 14.5 Å². The summed E-state index contributed by atoms with van der Waals surface area (Å²) in [6.07, 6.45) is 0. The molecule has 0 aliphatic rings. The number of ether oxygens (including phenoxy) is 2. The summed E-state index contributed by atoms with van der Waals surface area (Å²) in [4.78, 5) is 8.96. The van der Waals surface area contributed by atoms with Crippen LogP contribution in [0.3, 0.4) is 0 Å². The van der Waals surface area contributed by atoms with Gasteiger partial charge in [-0.3, -0.25) is 4.99 Å². The smallest absolute Gasteiger partial charge is 0.191 e. The fourth-order valence-corrected chi connectivity index (χ4v) is 3.25. The van der Waals surface area contributed by atoms with Crippen molar-refractivity contribution in [1.82, 2.24) is 15.6 Å². The number of rotatable bonds is 6. The van der Waals surface area contributed by atoms with Crippen molar-refractivity contribution in [3.63, 3.8) is 0 Å². The molecular weight excluding hydrogens is 348 g/mol. The first-order valence-electron chi connectivity index (χ1n) is 8.47. The molecule has 1 heterocycles. The fraction of sp³-hybridized carbons (Fsp3) is 0.474. The van der Waals surface area contributed by atoms with Crippen LogP contribution in [0, 0.1) is 0 Å². The number of aromatic nitrogens is 1. The predicted molar refractivity (Wildman–Crippen MR) is 107 cm³/mol. The summed E-state index contributed by atoms with van der Waals surface area (Å²) in [6.45, 7) is 7.74. The van der Waals surface area contributed by atoms with Crippen molar-refractivity contribution in [3.8, 4) is 11.5 Å². The number of nitrogens with zero attached hydrogens (tertiary/aromatic N) is 2. The Hall–Kier alpha value is -2.28. The number of methoxy groups -OCH3 is 2. The summed E-state index contributed by atoms with van der Waals surface area (Å²) in [7, 11) is 5.05. The maximum absolute atomic E-state index is 5.43. The van der Waals surface area contributed by atoms with Crippen molar-refractivity contribution >= 4 is 17.3 Å². The summed E-state index contributed by atoms with van der Waals surface area (Å²) >= 11 is 1.66. The van der Waals surface area contributed by atoms with Crippen LogP contribution in [0.1, 0.15) is 37.0 Å². The standard InChI is InChI=1S/C19H28N4O2S/c1-19(2,3)16-12-26-17(23-16)11-22-18(20-4)21-10-13-7-8-14(24-5)9-15(13)25-6/h7-9,12H,10-11H2,1-6H3,(H2,20,21,22). The van der Waals surface area contributed by atoms with Crippen LogP contribution < -0.4 is 20.1 Å². The van der Waals surface area contributed by atoms with Crippen molar-refractivity contribution in [2.75, 3.05) is 21.3 Å². The molecule has 0 unspecified atom stereocenters. The van der Waals surface area contributed by atoms with Crippen molar-refractivity contribution < 1.29 is 9.47 Å². The maximum atomic E-state index is 5.43. The molecule has 142 valence electrons. The highest BCUT2D eigenvalue weighted by Crippen LogP contribution is 2.25. The summed E-state index contributed by atoms with van der Waals surface area (Å²) in [6, 6.07) is 5.77. The summed E-state index contributed by atoms with van der Waals surface area (Å²) in [5, 5.41) is 9.76. The number of nitrogens with one attached hydrogen (secondary N) is 2. The van der Waals surface area contributed by atoms with Gasteiger partial charge in [0, 0.05) is 36.0 Å². The van der Waals surface area contributed by atoms with Gasteiger partial charge in [0.1, 0.15) is 16.5 Å². The molecule has 0 aliphatic heterocycles. The highest BCUT2D eigenvalue weighted by atomic mass is 32.1. The monoisotopic (exact) mass is 376 g/mol. The third kappa shape index (κ3) is 5.36. The van der Waals surface area contributed by atoms with E-state index in [0.29, 0.717) is 13.1 Å². The highest BCUT2D eigenvalue weighted by molar-refractivity contribution is 7.09. The van der Waals surface area contributed by atoms with Gasteiger partial charge in [-0.05, 0) is 12.1 Å². The van der Waals surface area contributed by atoms with Gasteiger partial charge in [0.25, 0.3) is 0 Å². The van der Waals surface area contributed by atoms with Crippen LogP contribution in [0.15, 0.2) is 28.6 Å². The molecule has 0 fully saturated rings. The Bertz CT molecular complexity index is 750. The molecule has 0 spiro atoms. The van der Waals surface area contributed by atoms with Crippen LogP contribution in [0.5, 0.6) is 11.5 Å². The normalized spacial score (nSPS) is 12.0. The zero-order valence-electron chi connectivity index (χ0n) is 16.3. The van der Waals surface area contributed by atoms with Gasteiger partial charge in [-0.25, -0.2) is 4.98 Å². The highest BCUT2D eigenvalue weighted by Gasteiger charge is 2.17. The Morgan fingerprint density at radius 1 is 1.15 bits per heavy atom. The third-order valence-corrected chi connectivity index (χ3v) is 4.74. The average molecular weight is 377 g/mol. The lowest BCUT2D eigenvalue weighted by atomic mass is 9.93. The van der Waals surface area contributed by atoms with Crippen LogP contribution in [0.4, 0.5) is 0 Å². The molecule has 0 bridgehead atoms. The van der Waals surface area contributed by atoms with E-state index in [-0.39, 0.29) is 5.41 Å². The minimum atomic E-state index is 0.0690. The molecule has 2 N–H and O–H groups in total. The van der Waals surface area contributed by atoms with E-state index in [1.54, 1.807) is 32.6 Å². The van der Waals surface area contributed by atoms with E-state index in [1.807, 2.05) is 18.2 Å². The van der Waals surface area contributed by atoms with Crippen molar-refractivity contribution in [2.45, 2.75) is 39.3 Å². The molecule has 0 amide bonds. The molecule has 0 aliphatic carbocycles. The maximum Gasteiger partial charge on any atom is 0.191 e. The molecule has 2 rings (SSSR count). The van der Waals surface area contributed by atoms with Crippen LogP contribution in [-0.2, 0) is 18.5 Å². The average Bonchev–Trinajstić information content (AvgIpc) is 3.11. The topological polar surface area (TPSA) is 67.8 Å². The Morgan fingerprint density at radius 3 is 2.46 bits per heavy atom. The van der Waals surface area contributed by atoms with Crippen LogP contribution in [0.25, 0.3) is 0 Å². The van der Waals surface area contributed by atoms with E-state index in [9.17, 15) is 0 Å². The number of benzene rings is 1. The molecule has 1 aromatic heterocycles. The number of hydrogen-bond acceptors (Lipinski definition) is 5. The summed E-state index contributed by atoms with van der Waals surface area (Å²) in [5.74, 6) is 2.27. The number of hydrogen-bond donors (Lipinski definition) is 2. The fourth-order valence-electron chi connectivity index (χ4n) is 2.29. The number of guanidine groups is 1. The minimum Gasteiger partial charge on any atom is -0.497 e. The quantitative estimate of drug-likeness (QED) is 0.598. The second kappa shape index (κ2) is 8.89. The zero-order valence-corrected chi connectivity index (χ0v) is 17.2. The lowest BCUT2D eigenvalue weighted by Crippen LogP contribution is -2.36. The van der Waals surface area contributed by atoms with E-state index < -0.39 is 0 Å². The lowest BCUT2D eigenvalue weighted by molar-refractivity contribution is 0.390. The van der Waals surface area contributed by atoms with Gasteiger partial charge in [-0.1, -0.05) is 20.8 Å². The minimum absolute atomic E-state index is 0.0690. The Balaban J connectivity index is 1.93. The van der Waals surface area contributed by atoms with Crippen LogP contribution >= 0.6 is 11.3 Å². The first-order chi connectivity index (χ1) is 12.4. The number of thiazole rings is 1. The molecule has 7 heteroatoms. The van der Waals surface area contributed by atoms with E-state index >= 15 is 0 Å².